The van der Waals surface area contributed by atoms with Crippen molar-refractivity contribution in [3.63, 3.8) is 0 Å². The van der Waals surface area contributed by atoms with Gasteiger partial charge < -0.3 is 9.84 Å². The van der Waals surface area contributed by atoms with Crippen molar-refractivity contribution in [1.29, 1.82) is 0 Å². The smallest absolute Gasteiger partial charge is 0.339 e. The Hall–Kier alpha value is -1.57. The van der Waals surface area contributed by atoms with Crippen LogP contribution in [-0.4, -0.2) is 33.1 Å². The zero-order valence-corrected chi connectivity index (χ0v) is 11.6. The molecule has 0 radical (unpaired) electrons. The molecule has 1 aromatic rings. The van der Waals surface area contributed by atoms with Crippen molar-refractivity contribution in [2.45, 2.75) is 4.90 Å². The highest BCUT2D eigenvalue weighted by Crippen LogP contribution is 2.31. The van der Waals surface area contributed by atoms with E-state index in [-0.39, 0.29) is 27.8 Å². The van der Waals surface area contributed by atoms with Crippen molar-refractivity contribution in [3.05, 3.63) is 35.4 Å². The van der Waals surface area contributed by atoms with Gasteiger partial charge in [0.25, 0.3) is 0 Å². The van der Waals surface area contributed by atoms with Crippen LogP contribution in [0.15, 0.2) is 29.7 Å². The fourth-order valence-corrected chi connectivity index (χ4v) is 2.88. The van der Waals surface area contributed by atoms with Gasteiger partial charge in [-0.15, -0.1) is 6.58 Å². The molecule has 0 aromatic heterocycles. The Kier molecular flexibility index (Phi) is 4.93. The molecule has 2 N–H and O–H groups in total. The molecule has 104 valence electrons. The van der Waals surface area contributed by atoms with Gasteiger partial charge in [-0.2, -0.15) is 0 Å². The molecule has 0 aliphatic heterocycles. The molecule has 0 saturated carbocycles. The molecule has 0 unspecified atom stereocenters. The van der Waals surface area contributed by atoms with Crippen LogP contribution in [0.2, 0.25) is 5.02 Å². The summed E-state index contributed by atoms with van der Waals surface area (Å²) in [5.74, 6) is -1.60. The molecule has 0 aliphatic carbocycles. The maximum atomic E-state index is 12.0. The van der Waals surface area contributed by atoms with Gasteiger partial charge in [-0.1, -0.05) is 17.7 Å². The molecule has 0 atom stereocenters. The van der Waals surface area contributed by atoms with Crippen LogP contribution in [0.1, 0.15) is 10.4 Å². The summed E-state index contributed by atoms with van der Waals surface area (Å²) >= 11 is 5.73. The van der Waals surface area contributed by atoms with Gasteiger partial charge in [-0.05, 0) is 12.1 Å². The SMILES string of the molecule is C=CCNS(=O)(=O)c1cc(Cl)cc(C(=O)O)c1OC. The summed E-state index contributed by atoms with van der Waals surface area (Å²) in [6, 6.07) is 2.24. The highest BCUT2D eigenvalue weighted by atomic mass is 35.5. The summed E-state index contributed by atoms with van der Waals surface area (Å²) in [6.07, 6.45) is 1.35. The number of carbonyl (C=O) groups is 1. The standard InChI is InChI=1S/C11H12ClNO5S/c1-3-4-13-19(16,17)9-6-7(12)5-8(11(14)15)10(9)18-2/h3,5-6,13H,1,4H2,2H3,(H,14,15). The zero-order chi connectivity index (χ0) is 14.6. The molecule has 0 aliphatic rings. The quantitative estimate of drug-likeness (QED) is 0.777. The lowest BCUT2D eigenvalue weighted by Crippen LogP contribution is -2.24. The van der Waals surface area contributed by atoms with Crippen LogP contribution >= 0.6 is 11.6 Å². The second kappa shape index (κ2) is 6.05. The van der Waals surface area contributed by atoms with Crippen molar-refractivity contribution in [2.75, 3.05) is 13.7 Å². The van der Waals surface area contributed by atoms with Crippen LogP contribution in [0.5, 0.6) is 5.75 Å². The summed E-state index contributed by atoms with van der Waals surface area (Å²) < 4.78 is 31.1. The largest absolute Gasteiger partial charge is 0.494 e. The van der Waals surface area contributed by atoms with E-state index in [0.29, 0.717) is 0 Å². The van der Waals surface area contributed by atoms with E-state index in [1.807, 2.05) is 0 Å². The molecule has 0 heterocycles. The fraction of sp³-hybridized carbons (Fsp3) is 0.182. The molecule has 0 bridgehead atoms. The highest BCUT2D eigenvalue weighted by molar-refractivity contribution is 7.89. The zero-order valence-electron chi connectivity index (χ0n) is 10.0. The Morgan fingerprint density at radius 2 is 2.21 bits per heavy atom. The Labute approximate surface area is 115 Å². The third-order valence-corrected chi connectivity index (χ3v) is 3.81. The van der Waals surface area contributed by atoms with Gasteiger partial charge in [0, 0.05) is 11.6 Å². The first-order valence-corrected chi connectivity index (χ1v) is 6.91. The number of ether oxygens (including phenoxy) is 1. The first kappa shape index (κ1) is 15.5. The molecule has 1 aromatic carbocycles. The molecule has 8 heteroatoms. The number of halogens is 1. The van der Waals surface area contributed by atoms with Crippen molar-refractivity contribution in [2.24, 2.45) is 0 Å². The summed E-state index contributed by atoms with van der Waals surface area (Å²) in [5.41, 5.74) is -0.325. The van der Waals surface area contributed by atoms with E-state index in [1.54, 1.807) is 0 Å². The van der Waals surface area contributed by atoms with Crippen LogP contribution in [0.3, 0.4) is 0 Å². The minimum Gasteiger partial charge on any atom is -0.494 e. The minimum absolute atomic E-state index is 0.000402. The van der Waals surface area contributed by atoms with E-state index in [2.05, 4.69) is 11.3 Å². The first-order chi connectivity index (χ1) is 8.83. The number of benzene rings is 1. The molecule has 6 nitrogen and oxygen atoms in total. The van der Waals surface area contributed by atoms with Gasteiger partial charge in [0.15, 0.2) is 5.75 Å². The van der Waals surface area contributed by atoms with Crippen LogP contribution in [-0.2, 0) is 10.0 Å². The maximum Gasteiger partial charge on any atom is 0.339 e. The molecule has 0 spiro atoms. The minimum atomic E-state index is -3.94. The lowest BCUT2D eigenvalue weighted by Gasteiger charge is -2.12. The van der Waals surface area contributed by atoms with Crippen LogP contribution in [0.4, 0.5) is 0 Å². The van der Waals surface area contributed by atoms with Crippen LogP contribution in [0, 0.1) is 0 Å². The molecular formula is C11H12ClNO5S. The molecule has 0 amide bonds. The van der Waals surface area contributed by atoms with Crippen molar-refractivity contribution >= 4 is 27.6 Å². The number of aromatic carboxylic acids is 1. The number of nitrogens with one attached hydrogen (secondary N) is 1. The summed E-state index contributed by atoms with van der Waals surface area (Å²) in [7, 11) is -2.75. The van der Waals surface area contributed by atoms with Gasteiger partial charge >= 0.3 is 5.97 Å². The van der Waals surface area contributed by atoms with Gasteiger partial charge in [0.2, 0.25) is 10.0 Å². The number of sulfonamides is 1. The van der Waals surface area contributed by atoms with E-state index in [1.165, 1.54) is 13.2 Å². The van der Waals surface area contributed by atoms with Crippen LogP contribution < -0.4 is 9.46 Å². The Bertz CT molecular complexity index is 612. The summed E-state index contributed by atoms with van der Waals surface area (Å²) in [4.78, 5) is 10.7. The number of carboxylic acids is 1. The molecule has 0 saturated heterocycles. The van der Waals surface area contributed by atoms with Crippen molar-refractivity contribution in [1.82, 2.24) is 4.72 Å². The van der Waals surface area contributed by atoms with E-state index in [4.69, 9.17) is 21.4 Å². The highest BCUT2D eigenvalue weighted by Gasteiger charge is 2.25. The van der Waals surface area contributed by atoms with Crippen molar-refractivity contribution < 1.29 is 23.1 Å². The van der Waals surface area contributed by atoms with Gasteiger partial charge in [0.1, 0.15) is 10.5 Å². The number of hydrogen-bond donors (Lipinski definition) is 2. The predicted molar refractivity (Wildman–Crippen MR) is 70.3 cm³/mol. The molecule has 1 rings (SSSR count). The maximum absolute atomic E-state index is 12.0. The second-order valence-corrected chi connectivity index (χ2v) is 5.60. The van der Waals surface area contributed by atoms with Gasteiger partial charge in [0.05, 0.1) is 7.11 Å². The molecule has 19 heavy (non-hydrogen) atoms. The number of hydrogen-bond acceptors (Lipinski definition) is 4. The van der Waals surface area contributed by atoms with Crippen molar-refractivity contribution in [3.8, 4) is 5.75 Å². The average molecular weight is 306 g/mol. The van der Waals surface area contributed by atoms with E-state index in [0.717, 1.165) is 12.1 Å². The first-order valence-electron chi connectivity index (χ1n) is 5.05. The predicted octanol–water partition coefficient (Wildman–Crippen LogP) is 1.51. The summed E-state index contributed by atoms with van der Waals surface area (Å²) in [6.45, 7) is 3.39. The lowest BCUT2D eigenvalue weighted by atomic mass is 10.2. The topological polar surface area (TPSA) is 92.7 Å². The lowest BCUT2D eigenvalue weighted by molar-refractivity contribution is 0.0693. The van der Waals surface area contributed by atoms with E-state index < -0.39 is 16.0 Å². The summed E-state index contributed by atoms with van der Waals surface area (Å²) in [5, 5.41) is 9.00. The third-order valence-electron chi connectivity index (χ3n) is 2.16. The molecule has 0 fully saturated rings. The normalized spacial score (nSPS) is 11.1. The Morgan fingerprint density at radius 3 is 2.68 bits per heavy atom. The van der Waals surface area contributed by atoms with Gasteiger partial charge in [-0.25, -0.2) is 17.9 Å². The second-order valence-electron chi connectivity index (χ2n) is 3.43. The van der Waals surface area contributed by atoms with E-state index >= 15 is 0 Å². The average Bonchev–Trinajstić information content (AvgIpc) is 2.35. The van der Waals surface area contributed by atoms with Crippen LogP contribution in [0.25, 0.3) is 0 Å². The molecular weight excluding hydrogens is 294 g/mol. The monoisotopic (exact) mass is 305 g/mol. The Balaban J connectivity index is 3.50. The van der Waals surface area contributed by atoms with E-state index in [9.17, 15) is 13.2 Å². The number of methoxy groups -OCH3 is 1. The number of carboxylic acid groups (broad SMARTS) is 1. The third kappa shape index (κ3) is 3.46. The fourth-order valence-electron chi connectivity index (χ4n) is 1.38. The van der Waals surface area contributed by atoms with Gasteiger partial charge in [-0.3, -0.25) is 0 Å². The Morgan fingerprint density at radius 1 is 1.58 bits per heavy atom. The number of rotatable bonds is 6.